The van der Waals surface area contributed by atoms with Gasteiger partial charge >= 0.3 is 0 Å². The summed E-state index contributed by atoms with van der Waals surface area (Å²) in [6, 6.07) is 12.2. The van der Waals surface area contributed by atoms with E-state index in [1.54, 1.807) is 12.4 Å². The number of rotatable bonds is 3. The van der Waals surface area contributed by atoms with E-state index < -0.39 is 0 Å². The van der Waals surface area contributed by atoms with Crippen LogP contribution in [0, 0.1) is 6.92 Å². The minimum absolute atomic E-state index is 0.864. The minimum Gasteiger partial charge on any atom is -0.331 e. The predicted molar refractivity (Wildman–Crippen MR) is 99.1 cm³/mol. The molecule has 0 spiro atoms. The third-order valence-electron chi connectivity index (χ3n) is 4.38. The van der Waals surface area contributed by atoms with Gasteiger partial charge in [0.05, 0.1) is 22.4 Å². The molecule has 0 fully saturated rings. The highest BCUT2D eigenvalue weighted by Crippen LogP contribution is 2.32. The Morgan fingerprint density at radius 1 is 0.960 bits per heavy atom. The lowest BCUT2D eigenvalue weighted by Crippen LogP contribution is -1.98. The van der Waals surface area contributed by atoms with Crippen LogP contribution in [-0.4, -0.2) is 24.5 Å². The summed E-state index contributed by atoms with van der Waals surface area (Å²) in [6.45, 7) is 4.11. The van der Waals surface area contributed by atoms with Crippen LogP contribution in [0.3, 0.4) is 0 Å². The predicted octanol–water partition coefficient (Wildman–Crippen LogP) is 3.96. The molecular weight excluding hydrogens is 310 g/mol. The van der Waals surface area contributed by atoms with Gasteiger partial charge in [0.1, 0.15) is 11.5 Å². The second-order valence-corrected chi connectivity index (χ2v) is 6.06. The molecule has 0 unspecified atom stereocenters. The summed E-state index contributed by atoms with van der Waals surface area (Å²) in [4.78, 5) is 18.3. The van der Waals surface area contributed by atoms with Gasteiger partial charge in [-0.15, -0.1) is 0 Å². The maximum atomic E-state index is 4.86. The first-order valence-electron chi connectivity index (χ1n) is 8.38. The molecule has 25 heavy (non-hydrogen) atoms. The smallest absolute Gasteiger partial charge is 0.115 e. The fourth-order valence-corrected chi connectivity index (χ4v) is 3.16. The Morgan fingerprint density at radius 3 is 2.52 bits per heavy atom. The van der Waals surface area contributed by atoms with Crippen molar-refractivity contribution in [3.05, 3.63) is 60.3 Å². The van der Waals surface area contributed by atoms with Crippen molar-refractivity contribution in [2.45, 2.75) is 20.3 Å². The Balaban J connectivity index is 1.97. The molecule has 0 N–H and O–H groups in total. The number of hydrogen-bond acceptors (Lipinski definition) is 4. The summed E-state index contributed by atoms with van der Waals surface area (Å²) in [6.07, 6.45) is 4.29. The maximum Gasteiger partial charge on any atom is 0.115 e. The molecule has 0 aliphatic rings. The SMILES string of the molecule is CCc1nc(-c2cccc(C)n2)c(-c2ccc3nccnc3c2)n1C. The topological polar surface area (TPSA) is 56.5 Å². The van der Waals surface area contributed by atoms with Gasteiger partial charge < -0.3 is 4.57 Å². The molecule has 0 saturated carbocycles. The van der Waals surface area contributed by atoms with Gasteiger partial charge in [-0.2, -0.15) is 0 Å². The van der Waals surface area contributed by atoms with Crippen molar-refractivity contribution >= 4 is 11.0 Å². The Hall–Kier alpha value is -3.08. The summed E-state index contributed by atoms with van der Waals surface area (Å²) < 4.78 is 2.15. The van der Waals surface area contributed by atoms with Crippen LogP contribution in [0.25, 0.3) is 33.7 Å². The van der Waals surface area contributed by atoms with Gasteiger partial charge in [0.15, 0.2) is 0 Å². The van der Waals surface area contributed by atoms with Crippen molar-refractivity contribution in [1.82, 2.24) is 24.5 Å². The van der Waals surface area contributed by atoms with Crippen LogP contribution in [0.4, 0.5) is 0 Å². The van der Waals surface area contributed by atoms with Gasteiger partial charge in [0, 0.05) is 37.1 Å². The lowest BCUT2D eigenvalue weighted by molar-refractivity contribution is 0.813. The number of pyridine rings is 1. The number of hydrogen-bond donors (Lipinski definition) is 0. The van der Waals surface area contributed by atoms with Crippen molar-refractivity contribution in [1.29, 1.82) is 0 Å². The first kappa shape index (κ1) is 15.4. The van der Waals surface area contributed by atoms with Crippen molar-refractivity contribution < 1.29 is 0 Å². The average Bonchev–Trinajstić information content (AvgIpc) is 2.98. The summed E-state index contributed by atoms with van der Waals surface area (Å²) in [5.74, 6) is 1.03. The van der Waals surface area contributed by atoms with E-state index in [9.17, 15) is 0 Å². The van der Waals surface area contributed by atoms with Crippen LogP contribution in [0.15, 0.2) is 48.8 Å². The van der Waals surface area contributed by atoms with E-state index in [0.29, 0.717) is 0 Å². The van der Waals surface area contributed by atoms with Crippen LogP contribution >= 0.6 is 0 Å². The second kappa shape index (κ2) is 6.09. The molecule has 0 atom stereocenters. The quantitative estimate of drug-likeness (QED) is 0.571. The van der Waals surface area contributed by atoms with E-state index in [1.165, 1.54) is 0 Å². The molecule has 0 radical (unpaired) electrons. The van der Waals surface area contributed by atoms with Gasteiger partial charge in [-0.05, 0) is 31.2 Å². The average molecular weight is 329 g/mol. The molecule has 3 heterocycles. The number of aryl methyl sites for hydroxylation is 2. The molecule has 0 amide bonds. The fourth-order valence-electron chi connectivity index (χ4n) is 3.16. The molecule has 4 aromatic rings. The standard InChI is InChI=1S/C20H19N5/c1-4-18-24-19(16-7-5-6-13(2)23-16)20(25(18)3)14-8-9-15-17(12-14)22-11-10-21-15/h5-12H,4H2,1-3H3. The number of benzene rings is 1. The molecule has 0 saturated heterocycles. The lowest BCUT2D eigenvalue weighted by atomic mass is 10.1. The number of aromatic nitrogens is 5. The fraction of sp³-hybridized carbons (Fsp3) is 0.200. The van der Waals surface area contributed by atoms with Gasteiger partial charge in [-0.25, -0.2) is 4.98 Å². The van der Waals surface area contributed by atoms with Crippen LogP contribution in [0.1, 0.15) is 18.4 Å². The molecule has 1 aromatic carbocycles. The van der Waals surface area contributed by atoms with Crippen molar-refractivity contribution in [3.8, 4) is 22.6 Å². The second-order valence-electron chi connectivity index (χ2n) is 6.06. The van der Waals surface area contributed by atoms with Crippen molar-refractivity contribution in [3.63, 3.8) is 0 Å². The lowest BCUT2D eigenvalue weighted by Gasteiger charge is -2.08. The zero-order valence-corrected chi connectivity index (χ0v) is 14.6. The molecule has 0 aliphatic heterocycles. The molecule has 4 rings (SSSR count). The zero-order chi connectivity index (χ0) is 17.4. The van der Waals surface area contributed by atoms with Crippen molar-refractivity contribution in [2.24, 2.45) is 7.05 Å². The molecule has 0 bridgehead atoms. The van der Waals surface area contributed by atoms with Crippen molar-refractivity contribution in [2.75, 3.05) is 0 Å². The van der Waals surface area contributed by atoms with Gasteiger partial charge in [-0.3, -0.25) is 15.0 Å². The Kier molecular flexibility index (Phi) is 3.76. The molecule has 5 heteroatoms. The maximum absolute atomic E-state index is 4.86. The van der Waals surface area contributed by atoms with Gasteiger partial charge in [0.2, 0.25) is 0 Å². The van der Waals surface area contributed by atoms with E-state index in [0.717, 1.165) is 51.6 Å². The molecule has 124 valence electrons. The number of nitrogens with zero attached hydrogens (tertiary/aromatic N) is 5. The molecule has 0 aliphatic carbocycles. The summed E-state index contributed by atoms with van der Waals surface area (Å²) in [5.41, 5.74) is 6.68. The Bertz CT molecular complexity index is 1060. The van der Waals surface area contributed by atoms with E-state index in [-0.39, 0.29) is 0 Å². The third-order valence-corrected chi connectivity index (χ3v) is 4.38. The molecule has 5 nitrogen and oxygen atoms in total. The zero-order valence-electron chi connectivity index (χ0n) is 14.6. The Labute approximate surface area is 146 Å². The van der Waals surface area contributed by atoms with E-state index in [4.69, 9.17) is 4.98 Å². The van der Waals surface area contributed by atoms with E-state index in [1.807, 2.05) is 31.2 Å². The molecule has 3 aromatic heterocycles. The Morgan fingerprint density at radius 2 is 1.76 bits per heavy atom. The minimum atomic E-state index is 0.864. The van der Waals surface area contributed by atoms with Gasteiger partial charge in [-0.1, -0.05) is 19.1 Å². The normalized spacial score (nSPS) is 11.2. The van der Waals surface area contributed by atoms with Crippen LogP contribution < -0.4 is 0 Å². The largest absolute Gasteiger partial charge is 0.331 e. The summed E-state index contributed by atoms with van der Waals surface area (Å²) in [5, 5.41) is 0. The first-order chi connectivity index (χ1) is 12.2. The first-order valence-corrected chi connectivity index (χ1v) is 8.38. The number of fused-ring (bicyclic) bond motifs is 1. The third kappa shape index (κ3) is 2.67. The highest BCUT2D eigenvalue weighted by molar-refractivity contribution is 5.85. The highest BCUT2D eigenvalue weighted by Gasteiger charge is 2.18. The summed E-state index contributed by atoms with van der Waals surface area (Å²) in [7, 11) is 2.06. The van der Waals surface area contributed by atoms with Gasteiger partial charge in [0.25, 0.3) is 0 Å². The summed E-state index contributed by atoms with van der Waals surface area (Å²) >= 11 is 0. The molecular formula is C20H19N5. The van der Waals surface area contributed by atoms with E-state index in [2.05, 4.69) is 45.6 Å². The monoisotopic (exact) mass is 329 g/mol. The van der Waals surface area contributed by atoms with Crippen LogP contribution in [0.2, 0.25) is 0 Å². The van der Waals surface area contributed by atoms with Crippen LogP contribution in [0.5, 0.6) is 0 Å². The van der Waals surface area contributed by atoms with E-state index >= 15 is 0 Å². The number of imidazole rings is 1. The van der Waals surface area contributed by atoms with Crippen LogP contribution in [-0.2, 0) is 13.5 Å². The highest BCUT2D eigenvalue weighted by atomic mass is 15.1.